The fraction of sp³-hybridized carbons (Fsp3) is 0.235. The number of urea groups is 1. The second-order valence-electron chi connectivity index (χ2n) is 5.67. The van der Waals surface area contributed by atoms with Gasteiger partial charge in [-0.1, -0.05) is 0 Å². The van der Waals surface area contributed by atoms with E-state index in [1.807, 2.05) is 0 Å². The van der Waals surface area contributed by atoms with Gasteiger partial charge >= 0.3 is 6.03 Å². The van der Waals surface area contributed by atoms with E-state index in [0.717, 1.165) is 0 Å². The Morgan fingerprint density at radius 1 is 1.12 bits per heavy atom. The predicted molar refractivity (Wildman–Crippen MR) is 90.3 cm³/mol. The first-order valence-electron chi connectivity index (χ1n) is 7.79. The van der Waals surface area contributed by atoms with Crippen molar-refractivity contribution in [2.45, 2.75) is 13.8 Å². The molecule has 130 valence electrons. The van der Waals surface area contributed by atoms with Crippen molar-refractivity contribution in [1.29, 1.82) is 0 Å². The molecule has 25 heavy (non-hydrogen) atoms. The second-order valence-corrected chi connectivity index (χ2v) is 5.67. The van der Waals surface area contributed by atoms with E-state index in [-0.39, 0.29) is 6.03 Å². The number of benzene rings is 1. The highest BCUT2D eigenvalue weighted by Gasteiger charge is 2.21. The average Bonchev–Trinajstić information content (AvgIpc) is 3.17. The van der Waals surface area contributed by atoms with Crippen LogP contribution in [0.2, 0.25) is 0 Å². The Balaban J connectivity index is 1.60. The standard InChI is InChI=1S/C17H18N4O4/c1-10-9-14(11(2)25-10)16(23)20-19-15(22)12-3-5-13(6-4-12)21-8-7-18-17(21)24/h3-6,9H,7-8H2,1-2H3,(H,18,24)(H,19,22)(H,20,23). The Morgan fingerprint density at radius 2 is 1.80 bits per heavy atom. The third kappa shape index (κ3) is 3.47. The summed E-state index contributed by atoms with van der Waals surface area (Å²) in [5, 5.41) is 2.71. The molecule has 8 heteroatoms. The Bertz CT molecular complexity index is 826. The van der Waals surface area contributed by atoms with Gasteiger partial charge in [-0.15, -0.1) is 0 Å². The van der Waals surface area contributed by atoms with E-state index < -0.39 is 11.8 Å². The summed E-state index contributed by atoms with van der Waals surface area (Å²) in [7, 11) is 0. The van der Waals surface area contributed by atoms with E-state index in [0.29, 0.717) is 41.4 Å². The van der Waals surface area contributed by atoms with Crippen LogP contribution >= 0.6 is 0 Å². The van der Waals surface area contributed by atoms with Crippen molar-refractivity contribution in [1.82, 2.24) is 16.2 Å². The molecule has 1 aromatic heterocycles. The molecular weight excluding hydrogens is 324 g/mol. The zero-order valence-corrected chi connectivity index (χ0v) is 13.9. The second kappa shape index (κ2) is 6.68. The van der Waals surface area contributed by atoms with Gasteiger partial charge in [0.05, 0.1) is 5.56 Å². The Kier molecular flexibility index (Phi) is 4.42. The minimum atomic E-state index is -0.455. The Labute approximate surface area is 144 Å². The largest absolute Gasteiger partial charge is 0.466 e. The van der Waals surface area contributed by atoms with Crippen LogP contribution in [-0.2, 0) is 0 Å². The molecule has 0 radical (unpaired) electrons. The summed E-state index contributed by atoms with van der Waals surface area (Å²) < 4.78 is 5.29. The van der Waals surface area contributed by atoms with Gasteiger partial charge in [0.15, 0.2) is 0 Å². The van der Waals surface area contributed by atoms with Crippen molar-refractivity contribution in [3.05, 3.63) is 53.0 Å². The SMILES string of the molecule is Cc1cc(C(=O)NNC(=O)c2ccc(N3CCNC3=O)cc2)c(C)o1. The van der Waals surface area contributed by atoms with Crippen molar-refractivity contribution >= 4 is 23.5 Å². The molecule has 2 aromatic rings. The summed E-state index contributed by atoms with van der Waals surface area (Å²) in [6.07, 6.45) is 0. The first-order chi connectivity index (χ1) is 12.0. The monoisotopic (exact) mass is 342 g/mol. The highest BCUT2D eigenvalue weighted by Crippen LogP contribution is 2.17. The first-order valence-corrected chi connectivity index (χ1v) is 7.79. The molecule has 2 heterocycles. The van der Waals surface area contributed by atoms with E-state index in [2.05, 4.69) is 16.2 Å². The fourth-order valence-electron chi connectivity index (χ4n) is 2.62. The molecule has 3 N–H and O–H groups in total. The molecule has 8 nitrogen and oxygen atoms in total. The molecule has 4 amide bonds. The lowest BCUT2D eigenvalue weighted by molar-refractivity contribution is 0.0845. The average molecular weight is 342 g/mol. The van der Waals surface area contributed by atoms with Crippen LogP contribution in [0.3, 0.4) is 0 Å². The molecule has 0 spiro atoms. The van der Waals surface area contributed by atoms with E-state index in [9.17, 15) is 14.4 Å². The molecule has 1 fully saturated rings. The van der Waals surface area contributed by atoms with Crippen LogP contribution < -0.4 is 21.1 Å². The maximum Gasteiger partial charge on any atom is 0.321 e. The summed E-state index contributed by atoms with van der Waals surface area (Å²) >= 11 is 0. The van der Waals surface area contributed by atoms with Crippen LogP contribution in [0.5, 0.6) is 0 Å². The molecule has 0 aliphatic carbocycles. The molecular formula is C17H18N4O4. The van der Waals surface area contributed by atoms with Gasteiger partial charge in [-0.3, -0.25) is 25.3 Å². The minimum absolute atomic E-state index is 0.157. The van der Waals surface area contributed by atoms with E-state index in [1.165, 1.54) is 0 Å². The van der Waals surface area contributed by atoms with E-state index >= 15 is 0 Å². The van der Waals surface area contributed by atoms with Gasteiger partial charge in [0, 0.05) is 24.3 Å². The molecule has 1 aliphatic heterocycles. The quantitative estimate of drug-likeness (QED) is 0.735. The number of carbonyl (C=O) groups is 3. The van der Waals surface area contributed by atoms with Gasteiger partial charge in [0.2, 0.25) is 0 Å². The lowest BCUT2D eigenvalue weighted by Crippen LogP contribution is -2.41. The number of hydrazine groups is 1. The molecule has 0 saturated carbocycles. The van der Waals surface area contributed by atoms with Crippen LogP contribution in [0.25, 0.3) is 0 Å². The zero-order valence-electron chi connectivity index (χ0n) is 13.9. The molecule has 0 atom stereocenters. The maximum absolute atomic E-state index is 12.1. The van der Waals surface area contributed by atoms with Crippen molar-refractivity contribution in [3.8, 4) is 0 Å². The van der Waals surface area contributed by atoms with Gasteiger partial charge < -0.3 is 9.73 Å². The summed E-state index contributed by atoms with van der Waals surface area (Å²) in [6, 6.07) is 8.00. The van der Waals surface area contributed by atoms with Crippen LogP contribution in [0.4, 0.5) is 10.5 Å². The minimum Gasteiger partial charge on any atom is -0.466 e. The normalized spacial score (nSPS) is 13.5. The van der Waals surface area contributed by atoms with Crippen molar-refractivity contribution in [2.75, 3.05) is 18.0 Å². The summed E-state index contributed by atoms with van der Waals surface area (Å²) in [6.45, 7) is 4.60. The number of amides is 4. The lowest BCUT2D eigenvalue weighted by atomic mass is 10.2. The summed E-state index contributed by atoms with van der Waals surface area (Å²) in [4.78, 5) is 37.4. The van der Waals surface area contributed by atoms with Gasteiger partial charge in [0.25, 0.3) is 11.8 Å². The van der Waals surface area contributed by atoms with Crippen LogP contribution in [0.15, 0.2) is 34.7 Å². The fourth-order valence-corrected chi connectivity index (χ4v) is 2.62. The van der Waals surface area contributed by atoms with Crippen molar-refractivity contribution in [3.63, 3.8) is 0 Å². The smallest absolute Gasteiger partial charge is 0.321 e. The molecule has 1 aliphatic rings. The van der Waals surface area contributed by atoms with Gasteiger partial charge in [-0.2, -0.15) is 0 Å². The molecule has 0 bridgehead atoms. The van der Waals surface area contributed by atoms with Crippen molar-refractivity contribution in [2.24, 2.45) is 0 Å². The van der Waals surface area contributed by atoms with E-state index in [1.54, 1.807) is 49.1 Å². The highest BCUT2D eigenvalue weighted by atomic mass is 16.3. The Morgan fingerprint density at radius 3 is 2.36 bits per heavy atom. The van der Waals surface area contributed by atoms with Gasteiger partial charge in [-0.05, 0) is 44.2 Å². The molecule has 0 unspecified atom stereocenters. The Hall–Kier alpha value is -3.29. The summed E-state index contributed by atoms with van der Waals surface area (Å²) in [5.74, 6) is 0.199. The first kappa shape index (κ1) is 16.6. The van der Waals surface area contributed by atoms with Crippen LogP contribution in [-0.4, -0.2) is 30.9 Å². The number of hydrogen-bond acceptors (Lipinski definition) is 4. The number of rotatable bonds is 3. The van der Waals surface area contributed by atoms with Crippen LogP contribution in [0, 0.1) is 13.8 Å². The number of carbonyl (C=O) groups excluding carboxylic acids is 3. The van der Waals surface area contributed by atoms with Gasteiger partial charge in [-0.25, -0.2) is 4.79 Å². The number of nitrogens with one attached hydrogen (secondary N) is 3. The van der Waals surface area contributed by atoms with E-state index in [4.69, 9.17) is 4.42 Å². The number of furan rings is 1. The molecule has 3 rings (SSSR count). The third-order valence-corrected chi connectivity index (χ3v) is 3.87. The molecule has 1 saturated heterocycles. The van der Waals surface area contributed by atoms with Crippen molar-refractivity contribution < 1.29 is 18.8 Å². The highest BCUT2D eigenvalue weighted by molar-refractivity contribution is 6.00. The number of hydrogen-bond donors (Lipinski definition) is 3. The summed E-state index contributed by atoms with van der Waals surface area (Å²) in [5.41, 5.74) is 6.16. The predicted octanol–water partition coefficient (Wildman–Crippen LogP) is 1.50. The van der Waals surface area contributed by atoms with Crippen LogP contribution in [0.1, 0.15) is 32.2 Å². The maximum atomic E-state index is 12.1. The molecule has 1 aromatic carbocycles. The zero-order chi connectivity index (χ0) is 18.0. The number of anilines is 1. The topological polar surface area (TPSA) is 104 Å². The third-order valence-electron chi connectivity index (χ3n) is 3.87. The lowest BCUT2D eigenvalue weighted by Gasteiger charge is -2.14. The van der Waals surface area contributed by atoms with Gasteiger partial charge in [0.1, 0.15) is 11.5 Å². The number of aryl methyl sites for hydroxylation is 2. The number of nitrogens with zero attached hydrogens (tertiary/aromatic N) is 1.